The summed E-state index contributed by atoms with van der Waals surface area (Å²) in [7, 11) is 0. The van der Waals surface area contributed by atoms with Crippen LogP contribution in [0.25, 0.3) is 0 Å². The Balaban J connectivity index is 1.58. The van der Waals surface area contributed by atoms with Gasteiger partial charge in [0, 0.05) is 29.2 Å². The van der Waals surface area contributed by atoms with Gasteiger partial charge in [-0.2, -0.15) is 0 Å². The lowest BCUT2D eigenvalue weighted by atomic mass is 10.1. The van der Waals surface area contributed by atoms with E-state index in [0.717, 1.165) is 10.6 Å². The van der Waals surface area contributed by atoms with E-state index in [1.54, 1.807) is 16.7 Å². The molecule has 0 unspecified atom stereocenters. The van der Waals surface area contributed by atoms with E-state index in [9.17, 15) is 18.8 Å². The first kappa shape index (κ1) is 20.9. The molecule has 1 saturated heterocycles. The van der Waals surface area contributed by atoms with E-state index in [2.05, 4.69) is 5.32 Å². The zero-order valence-corrected chi connectivity index (χ0v) is 16.9. The normalized spacial score (nSPS) is 17.1. The van der Waals surface area contributed by atoms with E-state index < -0.39 is 29.7 Å². The highest BCUT2D eigenvalue weighted by Crippen LogP contribution is 2.29. The van der Waals surface area contributed by atoms with Crippen LogP contribution in [0.15, 0.2) is 53.4 Å². The van der Waals surface area contributed by atoms with Crippen LogP contribution in [0.3, 0.4) is 0 Å². The Labute approximate surface area is 172 Å². The van der Waals surface area contributed by atoms with Crippen LogP contribution in [-0.2, 0) is 19.1 Å². The number of carbonyl (C=O) groups is 3. The Morgan fingerprint density at radius 3 is 2.66 bits per heavy atom. The summed E-state index contributed by atoms with van der Waals surface area (Å²) < 4.78 is 18.2. The lowest BCUT2D eigenvalue weighted by Crippen LogP contribution is -2.33. The maximum Gasteiger partial charge on any atom is 0.312 e. The van der Waals surface area contributed by atoms with Gasteiger partial charge in [-0.3, -0.25) is 14.4 Å². The van der Waals surface area contributed by atoms with Gasteiger partial charge in [0.2, 0.25) is 5.91 Å². The molecule has 2 atom stereocenters. The number of esters is 1. The number of anilines is 2. The van der Waals surface area contributed by atoms with Crippen molar-refractivity contribution in [1.29, 1.82) is 0 Å². The summed E-state index contributed by atoms with van der Waals surface area (Å²) in [4.78, 5) is 39.6. The molecule has 0 spiro atoms. The van der Waals surface area contributed by atoms with Crippen molar-refractivity contribution in [2.45, 2.75) is 24.3 Å². The van der Waals surface area contributed by atoms with Gasteiger partial charge in [0.25, 0.3) is 5.91 Å². The van der Waals surface area contributed by atoms with Crippen molar-refractivity contribution in [2.75, 3.05) is 23.0 Å². The van der Waals surface area contributed by atoms with Crippen LogP contribution in [0.4, 0.5) is 15.8 Å². The number of hydrogen-bond donors (Lipinski definition) is 1. The average Bonchev–Trinajstić information content (AvgIpc) is 3.11. The number of nitrogens with zero attached hydrogens (tertiary/aromatic N) is 1. The van der Waals surface area contributed by atoms with Crippen molar-refractivity contribution in [3.63, 3.8) is 0 Å². The van der Waals surface area contributed by atoms with E-state index in [0.29, 0.717) is 5.69 Å². The number of thioether (sulfide) groups is 1. The average molecular weight is 416 g/mol. The lowest BCUT2D eigenvalue weighted by molar-refractivity contribution is -0.157. The Morgan fingerprint density at radius 1 is 1.24 bits per heavy atom. The molecular weight excluding hydrogens is 395 g/mol. The van der Waals surface area contributed by atoms with Crippen LogP contribution in [0.5, 0.6) is 0 Å². The van der Waals surface area contributed by atoms with Crippen LogP contribution in [-0.4, -0.2) is 36.7 Å². The molecule has 0 aliphatic carbocycles. The van der Waals surface area contributed by atoms with Crippen molar-refractivity contribution in [3.05, 3.63) is 54.3 Å². The standard InChI is InChI=1S/C21H21FN2O4S/c1-13(20(26)23-16-8-6-15(22)7-9-16)28-21(27)14-10-19(25)24(12-14)17-4-3-5-18(11-17)29-2/h3-9,11,13-14H,10,12H2,1-2H3,(H,23,26)/t13-,14+/m1/s1. The second-order valence-corrected chi connectivity index (χ2v) is 7.56. The van der Waals surface area contributed by atoms with Gasteiger partial charge in [-0.15, -0.1) is 11.8 Å². The monoisotopic (exact) mass is 416 g/mol. The molecule has 6 nitrogen and oxygen atoms in total. The van der Waals surface area contributed by atoms with Gasteiger partial charge in [-0.05, 0) is 55.6 Å². The first-order valence-corrected chi connectivity index (χ1v) is 10.3. The minimum absolute atomic E-state index is 0.0363. The summed E-state index contributed by atoms with van der Waals surface area (Å²) in [5, 5.41) is 2.56. The second-order valence-electron chi connectivity index (χ2n) is 6.68. The van der Waals surface area contributed by atoms with E-state index in [-0.39, 0.29) is 18.9 Å². The third-order valence-corrected chi connectivity index (χ3v) is 5.32. The predicted octanol–water partition coefficient (Wildman–Crippen LogP) is 3.47. The fraction of sp³-hybridized carbons (Fsp3) is 0.286. The van der Waals surface area contributed by atoms with Crippen LogP contribution in [0.1, 0.15) is 13.3 Å². The Morgan fingerprint density at radius 2 is 1.97 bits per heavy atom. The molecule has 1 heterocycles. The molecule has 2 aromatic carbocycles. The summed E-state index contributed by atoms with van der Waals surface area (Å²) in [6, 6.07) is 12.8. The Bertz CT molecular complexity index is 919. The number of halogens is 1. The van der Waals surface area contributed by atoms with Crippen molar-refractivity contribution in [1.82, 2.24) is 0 Å². The van der Waals surface area contributed by atoms with Crippen LogP contribution >= 0.6 is 11.8 Å². The summed E-state index contributed by atoms with van der Waals surface area (Å²) >= 11 is 1.57. The summed E-state index contributed by atoms with van der Waals surface area (Å²) in [5.74, 6) is -2.33. The number of hydrogen-bond acceptors (Lipinski definition) is 5. The summed E-state index contributed by atoms with van der Waals surface area (Å²) in [6.45, 7) is 1.66. The third-order valence-electron chi connectivity index (χ3n) is 4.60. The summed E-state index contributed by atoms with van der Waals surface area (Å²) in [5.41, 5.74) is 1.13. The van der Waals surface area contributed by atoms with Gasteiger partial charge in [0.05, 0.1) is 5.92 Å². The number of ether oxygens (including phenoxy) is 1. The van der Waals surface area contributed by atoms with E-state index in [4.69, 9.17) is 4.74 Å². The number of rotatable bonds is 6. The topological polar surface area (TPSA) is 75.7 Å². The van der Waals surface area contributed by atoms with E-state index in [1.807, 2.05) is 30.5 Å². The molecule has 2 aromatic rings. The highest BCUT2D eigenvalue weighted by Gasteiger charge is 2.37. The Kier molecular flexibility index (Phi) is 6.53. The van der Waals surface area contributed by atoms with Crippen LogP contribution in [0.2, 0.25) is 0 Å². The molecule has 0 radical (unpaired) electrons. The highest BCUT2D eigenvalue weighted by atomic mass is 32.2. The second kappa shape index (κ2) is 9.09. The molecule has 29 heavy (non-hydrogen) atoms. The fourth-order valence-electron chi connectivity index (χ4n) is 2.99. The van der Waals surface area contributed by atoms with Crippen molar-refractivity contribution in [3.8, 4) is 0 Å². The molecule has 1 N–H and O–H groups in total. The number of benzene rings is 2. The largest absolute Gasteiger partial charge is 0.452 e. The van der Waals surface area contributed by atoms with Crippen molar-refractivity contribution >= 4 is 40.9 Å². The minimum Gasteiger partial charge on any atom is -0.452 e. The first-order valence-electron chi connectivity index (χ1n) is 9.08. The molecule has 2 amide bonds. The van der Waals surface area contributed by atoms with E-state index >= 15 is 0 Å². The maximum atomic E-state index is 12.9. The molecule has 3 rings (SSSR count). The molecule has 0 bridgehead atoms. The van der Waals surface area contributed by atoms with Gasteiger partial charge in [-0.25, -0.2) is 4.39 Å². The van der Waals surface area contributed by atoms with Gasteiger partial charge in [0.1, 0.15) is 5.82 Å². The zero-order valence-electron chi connectivity index (χ0n) is 16.1. The maximum absolute atomic E-state index is 12.9. The molecule has 1 aliphatic rings. The number of carbonyl (C=O) groups excluding carboxylic acids is 3. The van der Waals surface area contributed by atoms with Crippen molar-refractivity contribution in [2.24, 2.45) is 5.92 Å². The van der Waals surface area contributed by atoms with Gasteiger partial charge >= 0.3 is 5.97 Å². The molecule has 8 heteroatoms. The molecular formula is C21H21FN2O4S. The van der Waals surface area contributed by atoms with Crippen LogP contribution < -0.4 is 10.2 Å². The SMILES string of the molecule is CSc1cccc(N2C[C@@H](C(=O)O[C@H](C)C(=O)Nc3ccc(F)cc3)CC2=O)c1. The lowest BCUT2D eigenvalue weighted by Gasteiger charge is -2.18. The Hall–Kier alpha value is -2.87. The summed E-state index contributed by atoms with van der Waals surface area (Å²) in [6.07, 6.45) is 0.939. The smallest absolute Gasteiger partial charge is 0.312 e. The highest BCUT2D eigenvalue weighted by molar-refractivity contribution is 7.98. The fourth-order valence-corrected chi connectivity index (χ4v) is 3.45. The molecule has 1 fully saturated rings. The zero-order chi connectivity index (χ0) is 21.0. The van der Waals surface area contributed by atoms with Gasteiger partial charge in [-0.1, -0.05) is 6.07 Å². The third kappa shape index (κ3) is 5.14. The number of amides is 2. The predicted molar refractivity (Wildman–Crippen MR) is 109 cm³/mol. The van der Waals surface area contributed by atoms with Crippen molar-refractivity contribution < 1.29 is 23.5 Å². The van der Waals surface area contributed by atoms with Crippen LogP contribution in [0, 0.1) is 11.7 Å². The van der Waals surface area contributed by atoms with Gasteiger partial charge in [0.15, 0.2) is 6.10 Å². The molecule has 0 aromatic heterocycles. The van der Waals surface area contributed by atoms with E-state index in [1.165, 1.54) is 31.2 Å². The molecule has 0 saturated carbocycles. The quantitative estimate of drug-likeness (QED) is 0.577. The first-order chi connectivity index (χ1) is 13.9. The molecule has 152 valence electrons. The number of nitrogens with one attached hydrogen (secondary N) is 1. The van der Waals surface area contributed by atoms with Gasteiger partial charge < -0.3 is 15.0 Å². The minimum atomic E-state index is -1.04. The molecule has 1 aliphatic heterocycles.